The maximum atomic E-state index is 11.6. The molecule has 0 aromatic heterocycles. The second kappa shape index (κ2) is 4.91. The fraction of sp³-hybridized carbons (Fsp3) is 0.875. The molecule has 0 aromatic rings. The standard InChI is InChI=1S/C8H16N2O4S/c1-2-14-8(11)6-15(12,13)10-4-3-7(9)5-10/h7H,2-6,9H2,1H3. The largest absolute Gasteiger partial charge is 0.465 e. The molecule has 1 saturated heterocycles. The molecule has 88 valence electrons. The molecule has 0 spiro atoms. The smallest absolute Gasteiger partial charge is 0.322 e. The third kappa shape index (κ3) is 3.44. The predicted molar refractivity (Wildman–Crippen MR) is 54.6 cm³/mol. The summed E-state index contributed by atoms with van der Waals surface area (Å²) in [5, 5.41) is 0. The molecule has 1 aliphatic rings. The molecule has 1 heterocycles. The monoisotopic (exact) mass is 236 g/mol. The van der Waals surface area contributed by atoms with Gasteiger partial charge >= 0.3 is 5.97 Å². The Hall–Kier alpha value is -0.660. The van der Waals surface area contributed by atoms with Crippen molar-refractivity contribution in [2.24, 2.45) is 5.73 Å². The van der Waals surface area contributed by atoms with Crippen molar-refractivity contribution in [2.45, 2.75) is 19.4 Å². The van der Waals surface area contributed by atoms with Crippen molar-refractivity contribution in [3.05, 3.63) is 0 Å². The van der Waals surface area contributed by atoms with Gasteiger partial charge in [0.25, 0.3) is 0 Å². The van der Waals surface area contributed by atoms with E-state index in [0.717, 1.165) is 0 Å². The fourth-order valence-electron chi connectivity index (χ4n) is 1.45. The zero-order valence-corrected chi connectivity index (χ0v) is 9.50. The number of rotatable bonds is 4. The van der Waals surface area contributed by atoms with Crippen molar-refractivity contribution in [2.75, 3.05) is 25.4 Å². The van der Waals surface area contributed by atoms with Crippen LogP contribution in [0.15, 0.2) is 0 Å². The molecule has 1 atom stereocenters. The predicted octanol–water partition coefficient (Wildman–Crippen LogP) is -1.09. The first-order valence-corrected chi connectivity index (χ1v) is 6.45. The maximum absolute atomic E-state index is 11.6. The Kier molecular flexibility index (Phi) is 4.06. The van der Waals surface area contributed by atoms with E-state index in [2.05, 4.69) is 4.74 Å². The number of ether oxygens (including phenoxy) is 1. The molecule has 1 rings (SSSR count). The average molecular weight is 236 g/mol. The maximum Gasteiger partial charge on any atom is 0.322 e. The first kappa shape index (κ1) is 12.4. The van der Waals surface area contributed by atoms with Gasteiger partial charge in [0, 0.05) is 19.1 Å². The van der Waals surface area contributed by atoms with E-state index in [0.29, 0.717) is 19.5 Å². The Balaban J connectivity index is 2.56. The van der Waals surface area contributed by atoms with Gasteiger partial charge in [-0.2, -0.15) is 4.31 Å². The molecule has 0 amide bonds. The van der Waals surface area contributed by atoms with Crippen molar-refractivity contribution in [1.82, 2.24) is 4.31 Å². The highest BCUT2D eigenvalue weighted by Crippen LogP contribution is 2.12. The Morgan fingerprint density at radius 1 is 1.60 bits per heavy atom. The first-order valence-electron chi connectivity index (χ1n) is 4.84. The number of nitrogens with zero attached hydrogens (tertiary/aromatic N) is 1. The van der Waals surface area contributed by atoms with E-state index >= 15 is 0 Å². The summed E-state index contributed by atoms with van der Waals surface area (Å²) in [5.41, 5.74) is 5.59. The van der Waals surface area contributed by atoms with Gasteiger partial charge in [0.05, 0.1) is 6.61 Å². The highest BCUT2D eigenvalue weighted by molar-refractivity contribution is 7.89. The van der Waals surface area contributed by atoms with E-state index in [1.165, 1.54) is 4.31 Å². The molecule has 0 saturated carbocycles. The normalized spacial score (nSPS) is 22.9. The molecule has 1 unspecified atom stereocenters. The number of carbonyl (C=O) groups excluding carboxylic acids is 1. The molecular weight excluding hydrogens is 220 g/mol. The van der Waals surface area contributed by atoms with Gasteiger partial charge in [-0.15, -0.1) is 0 Å². The Bertz CT molecular complexity index is 328. The van der Waals surface area contributed by atoms with Crippen LogP contribution in [0.1, 0.15) is 13.3 Å². The zero-order chi connectivity index (χ0) is 11.5. The number of hydrogen-bond donors (Lipinski definition) is 1. The lowest BCUT2D eigenvalue weighted by Gasteiger charge is -2.14. The number of esters is 1. The van der Waals surface area contributed by atoms with Crippen LogP contribution in [0.2, 0.25) is 0 Å². The molecule has 0 radical (unpaired) electrons. The molecule has 0 aromatic carbocycles. The van der Waals surface area contributed by atoms with E-state index < -0.39 is 21.7 Å². The average Bonchev–Trinajstić information content (AvgIpc) is 2.51. The van der Waals surface area contributed by atoms with E-state index in [1.54, 1.807) is 6.92 Å². The molecule has 6 nitrogen and oxygen atoms in total. The van der Waals surface area contributed by atoms with Crippen molar-refractivity contribution >= 4 is 16.0 Å². The first-order chi connectivity index (χ1) is 6.95. The summed E-state index contributed by atoms with van der Waals surface area (Å²) in [7, 11) is -3.54. The van der Waals surface area contributed by atoms with Gasteiger partial charge in [-0.25, -0.2) is 8.42 Å². The summed E-state index contributed by atoms with van der Waals surface area (Å²) in [6, 6.07) is -0.123. The highest BCUT2D eigenvalue weighted by atomic mass is 32.2. The molecular formula is C8H16N2O4S. The SMILES string of the molecule is CCOC(=O)CS(=O)(=O)N1CCC(N)C1. The van der Waals surface area contributed by atoms with E-state index in [-0.39, 0.29) is 12.6 Å². The Morgan fingerprint density at radius 2 is 2.27 bits per heavy atom. The number of nitrogens with two attached hydrogens (primary N) is 1. The van der Waals surface area contributed by atoms with Gasteiger partial charge in [-0.05, 0) is 13.3 Å². The van der Waals surface area contributed by atoms with Crippen LogP contribution in [-0.2, 0) is 19.6 Å². The van der Waals surface area contributed by atoms with E-state index in [9.17, 15) is 13.2 Å². The quantitative estimate of drug-likeness (QED) is 0.627. The Morgan fingerprint density at radius 3 is 2.73 bits per heavy atom. The van der Waals surface area contributed by atoms with Gasteiger partial charge < -0.3 is 10.5 Å². The van der Waals surface area contributed by atoms with Crippen molar-refractivity contribution in [3.8, 4) is 0 Å². The summed E-state index contributed by atoms with van der Waals surface area (Å²) < 4.78 is 29.1. The van der Waals surface area contributed by atoms with Gasteiger partial charge in [0.2, 0.25) is 10.0 Å². The van der Waals surface area contributed by atoms with Crippen molar-refractivity contribution in [1.29, 1.82) is 0 Å². The molecule has 15 heavy (non-hydrogen) atoms. The van der Waals surface area contributed by atoms with Gasteiger partial charge in [-0.3, -0.25) is 4.79 Å². The molecule has 7 heteroatoms. The lowest BCUT2D eigenvalue weighted by Crippen LogP contribution is -2.36. The third-order valence-electron chi connectivity index (χ3n) is 2.19. The second-order valence-electron chi connectivity index (χ2n) is 3.47. The third-order valence-corrected chi connectivity index (χ3v) is 3.91. The lowest BCUT2D eigenvalue weighted by atomic mass is 10.3. The van der Waals surface area contributed by atoms with Crippen LogP contribution in [0.5, 0.6) is 0 Å². The minimum atomic E-state index is -3.54. The number of carbonyl (C=O) groups is 1. The van der Waals surface area contributed by atoms with Crippen molar-refractivity contribution < 1.29 is 17.9 Å². The second-order valence-corrected chi connectivity index (χ2v) is 5.44. The van der Waals surface area contributed by atoms with Crippen LogP contribution in [-0.4, -0.2) is 50.2 Å². The van der Waals surface area contributed by atoms with Crippen LogP contribution in [0.4, 0.5) is 0 Å². The van der Waals surface area contributed by atoms with Gasteiger partial charge in [0.15, 0.2) is 5.75 Å². The number of hydrogen-bond acceptors (Lipinski definition) is 5. The summed E-state index contributed by atoms with van der Waals surface area (Å²) in [6.07, 6.45) is 0.641. The Labute approximate surface area is 89.4 Å². The molecule has 0 aliphatic carbocycles. The summed E-state index contributed by atoms with van der Waals surface area (Å²) >= 11 is 0. The minimum Gasteiger partial charge on any atom is -0.465 e. The fourth-order valence-corrected chi connectivity index (χ4v) is 2.82. The van der Waals surface area contributed by atoms with E-state index in [1.807, 2.05) is 0 Å². The van der Waals surface area contributed by atoms with Crippen molar-refractivity contribution in [3.63, 3.8) is 0 Å². The summed E-state index contributed by atoms with van der Waals surface area (Å²) in [4.78, 5) is 11.0. The highest BCUT2D eigenvalue weighted by Gasteiger charge is 2.31. The van der Waals surface area contributed by atoms with Gasteiger partial charge in [0.1, 0.15) is 0 Å². The van der Waals surface area contributed by atoms with Crippen LogP contribution >= 0.6 is 0 Å². The van der Waals surface area contributed by atoms with Crippen LogP contribution in [0, 0.1) is 0 Å². The van der Waals surface area contributed by atoms with Gasteiger partial charge in [-0.1, -0.05) is 0 Å². The summed E-state index contributed by atoms with van der Waals surface area (Å²) in [6.45, 7) is 2.51. The van der Waals surface area contributed by atoms with Crippen LogP contribution in [0.3, 0.4) is 0 Å². The lowest BCUT2D eigenvalue weighted by molar-refractivity contribution is -0.140. The topological polar surface area (TPSA) is 89.7 Å². The molecule has 1 fully saturated rings. The van der Waals surface area contributed by atoms with Crippen LogP contribution < -0.4 is 5.73 Å². The summed E-state index contributed by atoms with van der Waals surface area (Å²) in [5.74, 6) is -1.30. The van der Waals surface area contributed by atoms with E-state index in [4.69, 9.17) is 5.73 Å². The van der Waals surface area contributed by atoms with Crippen LogP contribution in [0.25, 0.3) is 0 Å². The number of sulfonamides is 1. The zero-order valence-electron chi connectivity index (χ0n) is 8.68. The molecule has 0 bridgehead atoms. The molecule has 2 N–H and O–H groups in total. The minimum absolute atomic E-state index is 0.123. The molecule has 1 aliphatic heterocycles.